The number of carbonyl (C=O) groups excluding carboxylic acids is 4. The molecule has 0 saturated heterocycles. The fourth-order valence-electron chi connectivity index (χ4n) is 4.96. The molecule has 0 spiro atoms. The molecule has 6 rings (SSSR count). The minimum absolute atomic E-state index is 0. The Balaban J connectivity index is 0.00000216. The van der Waals surface area contributed by atoms with Crippen LogP contribution in [0, 0.1) is 0 Å². The van der Waals surface area contributed by atoms with Crippen LogP contribution in [0.4, 0.5) is 0 Å². The van der Waals surface area contributed by atoms with E-state index in [-0.39, 0.29) is 61.8 Å². The Kier molecular flexibility index (Phi) is 5.21. The van der Waals surface area contributed by atoms with Gasteiger partial charge < -0.3 is 9.59 Å². The topological polar surface area (TPSA) is 68.3 Å². The molecular formula is C25H8Br2O4Y-2. The van der Waals surface area contributed by atoms with Gasteiger partial charge >= 0.3 is 0 Å². The maximum atomic E-state index is 12.7. The van der Waals surface area contributed by atoms with Crippen molar-refractivity contribution >= 4 is 99.1 Å². The molecule has 32 heavy (non-hydrogen) atoms. The summed E-state index contributed by atoms with van der Waals surface area (Å²) in [6.45, 7) is 0. The molecule has 1 aliphatic carbocycles. The van der Waals surface area contributed by atoms with Crippen LogP contribution in [0.3, 0.4) is 0 Å². The third-order valence-electron chi connectivity index (χ3n) is 6.15. The van der Waals surface area contributed by atoms with Crippen molar-refractivity contribution in [3.05, 3.63) is 67.6 Å². The Morgan fingerprint density at radius 3 is 1.53 bits per heavy atom. The summed E-state index contributed by atoms with van der Waals surface area (Å²) in [5.41, 5.74) is 1.60. The van der Waals surface area contributed by atoms with Gasteiger partial charge in [0.05, 0.1) is 19.0 Å². The molecular weight excluding hydrogens is 613 g/mol. The van der Waals surface area contributed by atoms with E-state index in [1.165, 1.54) is 0 Å². The van der Waals surface area contributed by atoms with E-state index in [1.54, 1.807) is 24.3 Å². The Morgan fingerprint density at radius 2 is 1.09 bits per heavy atom. The van der Waals surface area contributed by atoms with Gasteiger partial charge in [0.1, 0.15) is 0 Å². The van der Waals surface area contributed by atoms with E-state index in [0.29, 0.717) is 30.8 Å². The van der Waals surface area contributed by atoms with Crippen LogP contribution in [-0.4, -0.2) is 24.1 Å². The number of fused-ring (bicyclic) bond motifs is 2. The zero-order chi connectivity index (χ0) is 21.6. The second-order valence-corrected chi connectivity index (χ2v) is 9.32. The first-order valence-corrected chi connectivity index (χ1v) is 11.0. The number of hydrogen-bond donors (Lipinski definition) is 0. The number of rotatable bonds is 2. The van der Waals surface area contributed by atoms with Gasteiger partial charge in [-0.15, -0.1) is 28.6 Å². The number of benzene rings is 5. The first kappa shape index (κ1) is 22.0. The third kappa shape index (κ3) is 2.67. The zero-order valence-electron chi connectivity index (χ0n) is 16.1. The molecule has 0 atom stereocenters. The number of hydrogen-bond acceptors (Lipinski definition) is 4. The number of ketones is 2. The van der Waals surface area contributed by atoms with Crippen LogP contribution in [0.2, 0.25) is 0 Å². The smallest absolute Gasteiger partial charge is 0.171 e. The maximum absolute atomic E-state index is 12.7. The van der Waals surface area contributed by atoms with Crippen LogP contribution in [0.5, 0.6) is 0 Å². The van der Waals surface area contributed by atoms with Gasteiger partial charge in [0.15, 0.2) is 11.6 Å². The van der Waals surface area contributed by atoms with Crippen LogP contribution >= 0.6 is 31.9 Å². The molecule has 0 amide bonds. The van der Waals surface area contributed by atoms with Gasteiger partial charge in [0.2, 0.25) is 0 Å². The van der Waals surface area contributed by atoms with Crippen molar-refractivity contribution in [2.24, 2.45) is 0 Å². The third-order valence-corrected chi connectivity index (χ3v) is 7.40. The Morgan fingerprint density at radius 1 is 0.625 bits per heavy atom. The number of halogens is 2. The van der Waals surface area contributed by atoms with E-state index < -0.39 is 0 Å². The largest absolute Gasteiger partial charge is 0.376 e. The number of Topliss-reactive ketones (excluding diaryl/α,β-unsaturated/α-hetero) is 2. The SMILES string of the molecule is O=[C-]c1ccc2c3c(Br)cc4c5c(cc(Br)c(c6ccc([C-]=O)c1c26)c53)C(=O)CC4=O.[Y]. The van der Waals surface area contributed by atoms with Gasteiger partial charge in [0, 0.05) is 74.3 Å². The molecule has 7 heteroatoms. The van der Waals surface area contributed by atoms with Crippen molar-refractivity contribution in [3.63, 3.8) is 0 Å². The first-order valence-electron chi connectivity index (χ1n) is 9.38. The second-order valence-electron chi connectivity index (χ2n) is 7.61. The van der Waals surface area contributed by atoms with Crippen LogP contribution in [0.1, 0.15) is 38.3 Å². The average Bonchev–Trinajstić information content (AvgIpc) is 2.76. The monoisotopic (exact) mass is 619 g/mol. The van der Waals surface area contributed by atoms with E-state index in [0.717, 1.165) is 32.3 Å². The summed E-state index contributed by atoms with van der Waals surface area (Å²) in [5, 5.41) is 5.93. The molecule has 1 aliphatic rings. The second kappa shape index (κ2) is 7.59. The zero-order valence-corrected chi connectivity index (χ0v) is 22.1. The van der Waals surface area contributed by atoms with Crippen LogP contribution in [0.15, 0.2) is 45.3 Å². The molecule has 0 aromatic heterocycles. The Labute approximate surface area is 223 Å². The van der Waals surface area contributed by atoms with Crippen molar-refractivity contribution in [1.29, 1.82) is 0 Å². The Bertz CT molecular complexity index is 1590. The molecule has 0 saturated carbocycles. The predicted molar refractivity (Wildman–Crippen MR) is 126 cm³/mol. The van der Waals surface area contributed by atoms with Gasteiger partial charge in [-0.1, -0.05) is 37.2 Å². The molecule has 1 radical (unpaired) electrons. The average molecular weight is 621 g/mol. The summed E-state index contributed by atoms with van der Waals surface area (Å²) < 4.78 is 1.41. The normalized spacial score (nSPS) is 13.3. The maximum Gasteiger partial charge on any atom is 0.171 e. The molecule has 5 aromatic carbocycles. The van der Waals surface area contributed by atoms with Crippen molar-refractivity contribution in [2.75, 3.05) is 0 Å². The van der Waals surface area contributed by atoms with E-state index in [1.807, 2.05) is 24.7 Å². The fraction of sp³-hybridized carbons (Fsp3) is 0.0400. The van der Waals surface area contributed by atoms with Gasteiger partial charge in [0.25, 0.3) is 0 Å². The van der Waals surface area contributed by atoms with Gasteiger partial charge in [-0.2, -0.15) is 12.1 Å². The van der Waals surface area contributed by atoms with Gasteiger partial charge in [-0.25, -0.2) is 0 Å². The minimum atomic E-state index is -0.203. The van der Waals surface area contributed by atoms with Crippen molar-refractivity contribution in [2.45, 2.75) is 6.42 Å². The van der Waals surface area contributed by atoms with Gasteiger partial charge in [-0.3, -0.25) is 9.59 Å². The summed E-state index contributed by atoms with van der Waals surface area (Å²) in [7, 11) is 0. The molecule has 0 bridgehead atoms. The summed E-state index contributed by atoms with van der Waals surface area (Å²) in [5.74, 6) is -0.406. The standard InChI is InChI=1S/C25H8Br2O4.Y/c26-16-5-14-18(30)7-19(31)15-6-17(27)24-13-4-2-11(9-29)20-10(8-28)1-3-12(21(13)20)23(16)25(24)22(14)15;/h1-6H,7H2;/q-2;. The molecule has 4 nitrogen and oxygen atoms in total. The molecule has 0 N–H and O–H groups in total. The Hall–Kier alpha value is -1.86. The first-order chi connectivity index (χ1) is 15.0. The predicted octanol–water partition coefficient (Wildman–Crippen LogP) is 5.94. The molecule has 5 aromatic rings. The molecule has 0 heterocycles. The van der Waals surface area contributed by atoms with E-state index in [2.05, 4.69) is 31.9 Å². The summed E-state index contributed by atoms with van der Waals surface area (Å²) in [6.07, 6.45) is 3.71. The minimum Gasteiger partial charge on any atom is -0.376 e. The van der Waals surface area contributed by atoms with E-state index >= 15 is 0 Å². The summed E-state index contributed by atoms with van der Waals surface area (Å²) in [4.78, 5) is 48.7. The number of carbonyl (C=O) groups is 2. The fourth-order valence-corrected chi connectivity index (χ4v) is 6.24. The van der Waals surface area contributed by atoms with Crippen molar-refractivity contribution < 1.29 is 51.9 Å². The van der Waals surface area contributed by atoms with Crippen LogP contribution in [-0.2, 0) is 42.3 Å². The van der Waals surface area contributed by atoms with E-state index in [4.69, 9.17) is 0 Å². The van der Waals surface area contributed by atoms with E-state index in [9.17, 15) is 19.2 Å². The van der Waals surface area contributed by atoms with Crippen LogP contribution < -0.4 is 0 Å². The molecule has 0 unspecified atom stereocenters. The summed E-state index contributed by atoms with van der Waals surface area (Å²) in [6, 6.07) is 10.4. The van der Waals surface area contributed by atoms with Gasteiger partial charge in [-0.05, 0) is 22.9 Å². The molecule has 151 valence electrons. The van der Waals surface area contributed by atoms with Crippen LogP contribution in [0.25, 0.3) is 43.1 Å². The molecule has 0 fully saturated rings. The van der Waals surface area contributed by atoms with Crippen molar-refractivity contribution in [1.82, 2.24) is 0 Å². The quantitative estimate of drug-likeness (QED) is 0.106. The molecule has 0 aliphatic heterocycles. The van der Waals surface area contributed by atoms with Crippen molar-refractivity contribution in [3.8, 4) is 0 Å². The summed E-state index contributed by atoms with van der Waals surface area (Å²) >= 11 is 7.27.